The number of hydrogen-bond acceptors (Lipinski definition) is 5. The number of rotatable bonds is 6. The molecule has 0 bridgehead atoms. The van der Waals surface area contributed by atoms with E-state index in [-0.39, 0.29) is 23.1 Å². The van der Waals surface area contributed by atoms with Crippen molar-refractivity contribution in [3.05, 3.63) is 35.5 Å². The molecule has 1 amide bonds. The number of halogens is 4. The van der Waals surface area contributed by atoms with Crippen molar-refractivity contribution >= 4 is 5.91 Å². The Morgan fingerprint density at radius 1 is 1.30 bits per heavy atom. The van der Waals surface area contributed by atoms with Crippen LogP contribution in [0.5, 0.6) is 0 Å². The number of carbonyl (C=O) groups excluding carboxylic acids is 1. The van der Waals surface area contributed by atoms with Gasteiger partial charge in [-0.1, -0.05) is 25.1 Å². The number of hydrogen-bond donors (Lipinski definition) is 1. The van der Waals surface area contributed by atoms with Crippen molar-refractivity contribution < 1.29 is 26.9 Å². The van der Waals surface area contributed by atoms with Gasteiger partial charge in [-0.15, -0.1) is 0 Å². The lowest BCUT2D eigenvalue weighted by Gasteiger charge is -2.25. The van der Waals surface area contributed by atoms with Crippen molar-refractivity contribution in [2.24, 2.45) is 5.92 Å². The second-order valence-corrected chi connectivity index (χ2v) is 6.70. The lowest BCUT2D eigenvalue weighted by molar-refractivity contribution is -0.159. The van der Waals surface area contributed by atoms with Crippen LogP contribution in [-0.2, 0) is 6.18 Å². The Morgan fingerprint density at radius 3 is 2.44 bits per heavy atom. The zero-order chi connectivity index (χ0) is 20.4. The molecule has 10 heteroatoms. The van der Waals surface area contributed by atoms with E-state index in [1.807, 2.05) is 32.8 Å². The van der Waals surface area contributed by atoms with E-state index in [4.69, 9.17) is 0 Å². The Bertz CT molecular complexity index is 802. The number of aromatic nitrogens is 2. The molecule has 0 aliphatic rings. The molecule has 6 nitrogen and oxygen atoms in total. The second kappa shape index (κ2) is 8.03. The third-order valence-corrected chi connectivity index (χ3v) is 3.82. The Morgan fingerprint density at radius 2 is 1.96 bits per heavy atom. The van der Waals surface area contributed by atoms with Gasteiger partial charge in [-0.2, -0.15) is 18.2 Å². The molecule has 0 saturated heterocycles. The zero-order valence-electron chi connectivity index (χ0n) is 15.3. The molecule has 1 aromatic carbocycles. The van der Waals surface area contributed by atoms with Crippen LogP contribution in [-0.4, -0.2) is 47.6 Å². The highest BCUT2D eigenvalue weighted by atomic mass is 19.4. The van der Waals surface area contributed by atoms with E-state index < -0.39 is 29.6 Å². The number of carbonyl (C=O) groups is 1. The van der Waals surface area contributed by atoms with Crippen molar-refractivity contribution in [1.29, 1.82) is 0 Å². The molecule has 0 radical (unpaired) electrons. The average molecular weight is 388 g/mol. The predicted molar refractivity (Wildman–Crippen MR) is 89.3 cm³/mol. The molecule has 148 valence electrons. The summed E-state index contributed by atoms with van der Waals surface area (Å²) in [5.74, 6) is -3.32. The highest BCUT2D eigenvalue weighted by molar-refractivity contribution is 5.95. The minimum atomic E-state index is -4.79. The van der Waals surface area contributed by atoms with E-state index in [2.05, 4.69) is 20.0 Å². The lowest BCUT2D eigenvalue weighted by atomic mass is 10.0. The summed E-state index contributed by atoms with van der Waals surface area (Å²) in [5, 5.41) is 5.96. The molecule has 0 saturated carbocycles. The molecular formula is C17H20F4N4O2. The first-order chi connectivity index (χ1) is 12.5. The second-order valence-electron chi connectivity index (χ2n) is 6.70. The number of alkyl halides is 3. The number of amides is 1. The largest absolute Gasteiger partial charge is 0.471 e. The number of nitrogens with zero attached hydrogens (tertiary/aromatic N) is 3. The summed E-state index contributed by atoms with van der Waals surface area (Å²) < 4.78 is 56.0. The van der Waals surface area contributed by atoms with Crippen LogP contribution in [0, 0.1) is 11.7 Å². The van der Waals surface area contributed by atoms with E-state index in [1.54, 1.807) is 0 Å². The van der Waals surface area contributed by atoms with Crippen LogP contribution in [0.3, 0.4) is 0 Å². The fourth-order valence-electron chi connectivity index (χ4n) is 2.36. The van der Waals surface area contributed by atoms with Crippen LogP contribution in [0.1, 0.15) is 30.1 Å². The first kappa shape index (κ1) is 20.8. The maximum Gasteiger partial charge on any atom is 0.471 e. The summed E-state index contributed by atoms with van der Waals surface area (Å²) in [6.45, 7) is 4.44. The van der Waals surface area contributed by atoms with Crippen molar-refractivity contribution in [3.8, 4) is 11.4 Å². The molecule has 0 fully saturated rings. The molecule has 1 aromatic heterocycles. The van der Waals surface area contributed by atoms with Crippen molar-refractivity contribution in [1.82, 2.24) is 20.4 Å². The van der Waals surface area contributed by atoms with Crippen molar-refractivity contribution in [2.75, 3.05) is 20.6 Å². The molecule has 1 N–H and O–H groups in total. The van der Waals surface area contributed by atoms with Crippen LogP contribution in [0.25, 0.3) is 11.4 Å². The summed E-state index contributed by atoms with van der Waals surface area (Å²) in [6.07, 6.45) is -4.79. The first-order valence-electron chi connectivity index (χ1n) is 8.15. The Labute approximate surface area is 153 Å². The van der Waals surface area contributed by atoms with Gasteiger partial charge >= 0.3 is 12.1 Å². The zero-order valence-corrected chi connectivity index (χ0v) is 15.3. The Kier molecular flexibility index (Phi) is 6.19. The molecule has 2 aromatic rings. The van der Waals surface area contributed by atoms with Crippen LogP contribution >= 0.6 is 0 Å². The predicted octanol–water partition coefficient (Wildman–Crippen LogP) is 3.21. The summed E-state index contributed by atoms with van der Waals surface area (Å²) in [6, 6.07) is 3.14. The van der Waals surface area contributed by atoms with E-state index in [9.17, 15) is 22.4 Å². The SMILES string of the molecule is CC(C)C(CN(C)C)NC(=O)c1ccc(-c2noc(C(F)(F)F)n2)cc1F. The maximum absolute atomic E-state index is 14.4. The number of nitrogens with one attached hydrogen (secondary N) is 1. The highest BCUT2D eigenvalue weighted by Gasteiger charge is 2.38. The maximum atomic E-state index is 14.4. The van der Waals surface area contributed by atoms with Gasteiger partial charge in [-0.3, -0.25) is 4.79 Å². The molecule has 1 unspecified atom stereocenters. The van der Waals surface area contributed by atoms with E-state index in [0.29, 0.717) is 6.54 Å². The first-order valence-corrected chi connectivity index (χ1v) is 8.15. The van der Waals surface area contributed by atoms with E-state index >= 15 is 0 Å². The normalized spacial score (nSPS) is 13.3. The standard InChI is InChI=1S/C17H20F4N4O2/c1-9(2)13(8-25(3)4)22-15(26)11-6-5-10(7-12(11)18)14-23-16(27-24-14)17(19,20)21/h5-7,9,13H,8H2,1-4H3,(H,22,26). The molecule has 27 heavy (non-hydrogen) atoms. The lowest BCUT2D eigenvalue weighted by Crippen LogP contribution is -2.45. The number of likely N-dealkylation sites (N-methyl/N-ethyl adjacent to an activating group) is 1. The van der Waals surface area contributed by atoms with Gasteiger partial charge in [0, 0.05) is 18.2 Å². The molecule has 1 heterocycles. The fourth-order valence-corrected chi connectivity index (χ4v) is 2.36. The summed E-state index contributed by atoms with van der Waals surface area (Å²) >= 11 is 0. The van der Waals surface area contributed by atoms with E-state index in [1.165, 1.54) is 12.1 Å². The van der Waals surface area contributed by atoms with Crippen LogP contribution < -0.4 is 5.32 Å². The fraction of sp³-hybridized carbons (Fsp3) is 0.471. The highest BCUT2D eigenvalue weighted by Crippen LogP contribution is 2.29. The van der Waals surface area contributed by atoms with Gasteiger partial charge in [0.05, 0.1) is 5.56 Å². The van der Waals surface area contributed by atoms with Gasteiger partial charge in [0.1, 0.15) is 5.82 Å². The van der Waals surface area contributed by atoms with E-state index in [0.717, 1.165) is 6.07 Å². The minimum Gasteiger partial charge on any atom is -0.348 e. The van der Waals surface area contributed by atoms with Crippen LogP contribution in [0.2, 0.25) is 0 Å². The molecule has 0 aliphatic carbocycles. The topological polar surface area (TPSA) is 71.3 Å². The average Bonchev–Trinajstić information content (AvgIpc) is 3.03. The molecule has 2 rings (SSSR count). The molecule has 1 atom stereocenters. The summed E-state index contributed by atoms with van der Waals surface area (Å²) in [4.78, 5) is 17.5. The molecule has 0 spiro atoms. The monoisotopic (exact) mass is 388 g/mol. The smallest absolute Gasteiger partial charge is 0.348 e. The summed E-state index contributed by atoms with van der Waals surface area (Å²) in [5.41, 5.74) is -0.250. The van der Waals surface area contributed by atoms with Gasteiger partial charge in [-0.05, 0) is 32.1 Å². The Balaban J connectivity index is 2.20. The van der Waals surface area contributed by atoms with Gasteiger partial charge in [0.2, 0.25) is 5.82 Å². The Hall–Kier alpha value is -2.49. The van der Waals surface area contributed by atoms with Crippen LogP contribution in [0.4, 0.5) is 17.6 Å². The van der Waals surface area contributed by atoms with Gasteiger partial charge in [-0.25, -0.2) is 4.39 Å². The summed E-state index contributed by atoms with van der Waals surface area (Å²) in [7, 11) is 3.72. The van der Waals surface area contributed by atoms with Crippen LogP contribution in [0.15, 0.2) is 22.7 Å². The van der Waals surface area contributed by atoms with Gasteiger partial charge < -0.3 is 14.7 Å². The molecule has 0 aliphatic heterocycles. The van der Waals surface area contributed by atoms with Crippen molar-refractivity contribution in [2.45, 2.75) is 26.1 Å². The third kappa shape index (κ3) is 5.25. The quantitative estimate of drug-likeness (QED) is 0.770. The number of benzene rings is 1. The minimum absolute atomic E-state index is 0.0306. The van der Waals surface area contributed by atoms with Gasteiger partial charge in [0.25, 0.3) is 5.91 Å². The third-order valence-electron chi connectivity index (χ3n) is 3.82. The van der Waals surface area contributed by atoms with Crippen molar-refractivity contribution in [3.63, 3.8) is 0 Å². The molecular weight excluding hydrogens is 368 g/mol. The van der Waals surface area contributed by atoms with Gasteiger partial charge in [0.15, 0.2) is 0 Å².